The van der Waals surface area contributed by atoms with E-state index in [4.69, 9.17) is 5.11 Å². The summed E-state index contributed by atoms with van der Waals surface area (Å²) < 4.78 is 27.5. The SMILES string of the molecule is CN(C)C(C)(C)CNS(=O)(=O)c1cc(CO)sc1Br. The van der Waals surface area contributed by atoms with Crippen molar-refractivity contribution in [1.82, 2.24) is 9.62 Å². The highest BCUT2D eigenvalue weighted by Crippen LogP contribution is 2.31. The van der Waals surface area contributed by atoms with Crippen molar-refractivity contribution in [2.45, 2.75) is 30.9 Å². The number of aliphatic hydroxyl groups is 1. The lowest BCUT2D eigenvalue weighted by Gasteiger charge is -2.32. The van der Waals surface area contributed by atoms with Crippen LogP contribution in [0, 0.1) is 0 Å². The molecule has 0 spiro atoms. The lowest BCUT2D eigenvalue weighted by atomic mass is 10.1. The normalized spacial score (nSPS) is 13.2. The minimum Gasteiger partial charge on any atom is -0.391 e. The molecule has 0 aliphatic carbocycles. The first kappa shape index (κ1) is 17.1. The highest BCUT2D eigenvalue weighted by atomic mass is 79.9. The van der Waals surface area contributed by atoms with Gasteiger partial charge in [-0.05, 0) is 49.9 Å². The minimum atomic E-state index is -3.57. The van der Waals surface area contributed by atoms with Crippen LogP contribution in [0.5, 0.6) is 0 Å². The number of halogens is 1. The Kier molecular flexibility index (Phi) is 5.56. The number of nitrogens with zero attached hydrogens (tertiary/aromatic N) is 1. The summed E-state index contributed by atoms with van der Waals surface area (Å²) in [6, 6.07) is 1.49. The second-order valence-corrected chi connectivity index (χ2v) is 9.23. The van der Waals surface area contributed by atoms with Crippen molar-refractivity contribution in [1.29, 1.82) is 0 Å². The number of nitrogens with one attached hydrogen (secondary N) is 1. The van der Waals surface area contributed by atoms with E-state index >= 15 is 0 Å². The summed E-state index contributed by atoms with van der Waals surface area (Å²) in [5.74, 6) is 0. The number of rotatable bonds is 6. The Morgan fingerprint density at radius 2 is 2.05 bits per heavy atom. The lowest BCUT2D eigenvalue weighted by molar-refractivity contribution is 0.199. The molecule has 0 aliphatic rings. The highest BCUT2D eigenvalue weighted by Gasteiger charge is 2.26. The zero-order chi connectivity index (χ0) is 14.8. The molecule has 110 valence electrons. The van der Waals surface area contributed by atoms with Gasteiger partial charge in [0, 0.05) is 17.0 Å². The third-order valence-electron chi connectivity index (χ3n) is 3.06. The van der Waals surface area contributed by atoms with Crippen molar-refractivity contribution in [2.24, 2.45) is 0 Å². The smallest absolute Gasteiger partial charge is 0.242 e. The van der Waals surface area contributed by atoms with Crippen LogP contribution in [0.1, 0.15) is 18.7 Å². The zero-order valence-electron chi connectivity index (χ0n) is 11.4. The van der Waals surface area contributed by atoms with E-state index in [1.165, 1.54) is 17.4 Å². The predicted molar refractivity (Wildman–Crippen MR) is 80.9 cm³/mol. The summed E-state index contributed by atoms with van der Waals surface area (Å²) in [7, 11) is 0.232. The Balaban J connectivity index is 2.90. The molecule has 0 aromatic carbocycles. The molecule has 0 saturated carbocycles. The zero-order valence-corrected chi connectivity index (χ0v) is 14.6. The van der Waals surface area contributed by atoms with E-state index in [9.17, 15) is 8.42 Å². The van der Waals surface area contributed by atoms with Crippen molar-refractivity contribution in [3.05, 3.63) is 14.7 Å². The molecule has 0 amide bonds. The van der Waals surface area contributed by atoms with Crippen LogP contribution in [0.4, 0.5) is 0 Å². The molecule has 2 N–H and O–H groups in total. The van der Waals surface area contributed by atoms with Gasteiger partial charge in [-0.25, -0.2) is 13.1 Å². The highest BCUT2D eigenvalue weighted by molar-refractivity contribution is 9.11. The molecule has 5 nitrogen and oxygen atoms in total. The van der Waals surface area contributed by atoms with Crippen LogP contribution in [0.15, 0.2) is 14.7 Å². The molecule has 8 heteroatoms. The van der Waals surface area contributed by atoms with Gasteiger partial charge in [0.05, 0.1) is 10.4 Å². The summed E-state index contributed by atoms with van der Waals surface area (Å²) in [4.78, 5) is 2.74. The largest absolute Gasteiger partial charge is 0.391 e. The van der Waals surface area contributed by atoms with E-state index in [1.54, 1.807) is 0 Å². The summed E-state index contributed by atoms with van der Waals surface area (Å²) in [5, 5.41) is 9.04. The number of hydrogen-bond acceptors (Lipinski definition) is 5. The van der Waals surface area contributed by atoms with Crippen molar-refractivity contribution in [3.8, 4) is 0 Å². The molecule has 1 rings (SSSR count). The molecule has 1 heterocycles. The van der Waals surface area contributed by atoms with E-state index in [0.717, 1.165) is 0 Å². The Labute approximate surface area is 126 Å². The molecule has 0 bridgehead atoms. The molecule has 1 aromatic rings. The van der Waals surface area contributed by atoms with E-state index in [1.807, 2.05) is 32.8 Å². The summed E-state index contributed by atoms with van der Waals surface area (Å²) in [5.41, 5.74) is -0.282. The third kappa shape index (κ3) is 4.24. The Bertz CT molecular complexity index is 538. The van der Waals surface area contributed by atoms with E-state index in [-0.39, 0.29) is 17.0 Å². The van der Waals surface area contributed by atoms with E-state index in [2.05, 4.69) is 20.7 Å². The van der Waals surface area contributed by atoms with Gasteiger partial charge in [0.1, 0.15) is 4.90 Å². The first-order chi connectivity index (χ1) is 8.60. The van der Waals surface area contributed by atoms with Crippen LogP contribution >= 0.6 is 27.3 Å². The summed E-state index contributed by atoms with van der Waals surface area (Å²) >= 11 is 4.44. The first-order valence-corrected chi connectivity index (χ1v) is 8.75. The van der Waals surface area contributed by atoms with Crippen LogP contribution in [-0.4, -0.2) is 44.6 Å². The van der Waals surface area contributed by atoms with Crippen LogP contribution in [0.25, 0.3) is 0 Å². The van der Waals surface area contributed by atoms with Crippen molar-refractivity contribution in [3.63, 3.8) is 0 Å². The van der Waals surface area contributed by atoms with Gasteiger partial charge in [0.25, 0.3) is 0 Å². The topological polar surface area (TPSA) is 69.6 Å². The van der Waals surface area contributed by atoms with Crippen LogP contribution < -0.4 is 4.72 Å². The second kappa shape index (κ2) is 6.19. The number of likely N-dealkylation sites (N-methyl/N-ethyl adjacent to an activating group) is 1. The van der Waals surface area contributed by atoms with Gasteiger partial charge in [-0.15, -0.1) is 11.3 Å². The molecule has 0 aliphatic heterocycles. The molecule has 0 radical (unpaired) electrons. The van der Waals surface area contributed by atoms with Crippen molar-refractivity contribution < 1.29 is 13.5 Å². The fourth-order valence-corrected chi connectivity index (χ4v) is 4.91. The van der Waals surface area contributed by atoms with Gasteiger partial charge in [0.2, 0.25) is 10.0 Å². The third-order valence-corrected chi connectivity index (χ3v) is 6.70. The first-order valence-electron chi connectivity index (χ1n) is 5.66. The van der Waals surface area contributed by atoms with Gasteiger partial charge in [-0.3, -0.25) is 0 Å². The van der Waals surface area contributed by atoms with Gasteiger partial charge in [-0.1, -0.05) is 0 Å². The standard InChI is InChI=1S/C11H19BrN2O3S2/c1-11(2,14(3)4)7-13-19(16,17)9-5-8(6-15)18-10(9)12/h5,13,15H,6-7H2,1-4H3. The number of sulfonamides is 1. The minimum absolute atomic E-state index is 0.165. The fourth-order valence-electron chi connectivity index (χ4n) is 1.17. The number of aliphatic hydroxyl groups excluding tert-OH is 1. The van der Waals surface area contributed by atoms with Crippen LogP contribution in [0.2, 0.25) is 0 Å². The average Bonchev–Trinajstić information content (AvgIpc) is 2.69. The Hall–Kier alpha value is 0.01000. The molecule has 19 heavy (non-hydrogen) atoms. The van der Waals surface area contributed by atoms with Gasteiger partial charge in [0.15, 0.2) is 0 Å². The molecule has 0 fully saturated rings. The summed E-state index contributed by atoms with van der Waals surface area (Å²) in [6.07, 6.45) is 0. The Morgan fingerprint density at radius 3 is 2.47 bits per heavy atom. The molecule has 0 atom stereocenters. The van der Waals surface area contributed by atoms with Crippen LogP contribution in [0.3, 0.4) is 0 Å². The maximum Gasteiger partial charge on any atom is 0.242 e. The van der Waals surface area contributed by atoms with Crippen molar-refractivity contribution in [2.75, 3.05) is 20.6 Å². The predicted octanol–water partition coefficient (Wildman–Crippen LogP) is 1.62. The number of hydrogen-bond donors (Lipinski definition) is 2. The fraction of sp³-hybridized carbons (Fsp3) is 0.636. The van der Waals surface area contributed by atoms with Crippen LogP contribution in [-0.2, 0) is 16.6 Å². The monoisotopic (exact) mass is 370 g/mol. The van der Waals surface area contributed by atoms with E-state index < -0.39 is 10.0 Å². The summed E-state index contributed by atoms with van der Waals surface area (Å²) in [6.45, 7) is 4.05. The van der Waals surface area contributed by atoms with Gasteiger partial charge in [-0.2, -0.15) is 0 Å². The second-order valence-electron chi connectivity index (χ2n) is 5.04. The quantitative estimate of drug-likeness (QED) is 0.798. The van der Waals surface area contributed by atoms with E-state index in [0.29, 0.717) is 15.2 Å². The molecule has 0 saturated heterocycles. The molecular formula is C11H19BrN2O3S2. The lowest BCUT2D eigenvalue weighted by Crippen LogP contribution is -2.48. The maximum atomic E-state index is 12.2. The number of thiophene rings is 1. The Morgan fingerprint density at radius 1 is 1.47 bits per heavy atom. The molecule has 0 unspecified atom stereocenters. The maximum absolute atomic E-state index is 12.2. The average molecular weight is 371 g/mol. The molecule has 1 aromatic heterocycles. The van der Waals surface area contributed by atoms with Gasteiger partial charge >= 0.3 is 0 Å². The van der Waals surface area contributed by atoms with Gasteiger partial charge < -0.3 is 10.0 Å². The molecular weight excluding hydrogens is 352 g/mol. The van der Waals surface area contributed by atoms with Crippen molar-refractivity contribution >= 4 is 37.3 Å².